The lowest BCUT2D eigenvalue weighted by molar-refractivity contribution is 0.300. The Balaban J connectivity index is 1.87. The molecule has 3 rings (SSSR count). The van der Waals surface area contributed by atoms with Gasteiger partial charge in [-0.05, 0) is 30.2 Å². The third-order valence-corrected chi connectivity index (χ3v) is 4.27. The van der Waals surface area contributed by atoms with E-state index >= 15 is 0 Å². The van der Waals surface area contributed by atoms with Crippen molar-refractivity contribution in [3.05, 3.63) is 76.7 Å². The van der Waals surface area contributed by atoms with E-state index in [0.29, 0.717) is 16.3 Å². The standard InChI is InChI=1S/C19H16ClFN2O/c1-12-7-8-16(21)15(18(12)20)11-24-17-9-14(10-23-19(17)22)13-5-3-2-4-6-13/h2-10H,11H2,1H3,(H2,22,23). The molecule has 1 aromatic heterocycles. The smallest absolute Gasteiger partial charge is 0.166 e. The van der Waals surface area contributed by atoms with Gasteiger partial charge in [0.2, 0.25) is 0 Å². The third-order valence-electron chi connectivity index (χ3n) is 3.74. The first-order valence-corrected chi connectivity index (χ1v) is 7.81. The summed E-state index contributed by atoms with van der Waals surface area (Å²) in [6, 6.07) is 14.5. The van der Waals surface area contributed by atoms with Crippen molar-refractivity contribution in [3.63, 3.8) is 0 Å². The Labute approximate surface area is 144 Å². The van der Waals surface area contributed by atoms with Crippen LogP contribution in [0.4, 0.5) is 10.2 Å². The van der Waals surface area contributed by atoms with E-state index in [9.17, 15) is 4.39 Å². The highest BCUT2D eigenvalue weighted by Crippen LogP contribution is 2.29. The largest absolute Gasteiger partial charge is 0.485 e. The van der Waals surface area contributed by atoms with Crippen LogP contribution in [0.1, 0.15) is 11.1 Å². The molecule has 0 amide bonds. The van der Waals surface area contributed by atoms with Crippen LogP contribution < -0.4 is 10.5 Å². The number of rotatable bonds is 4. The summed E-state index contributed by atoms with van der Waals surface area (Å²) < 4.78 is 19.7. The van der Waals surface area contributed by atoms with Crippen molar-refractivity contribution in [1.29, 1.82) is 0 Å². The molecule has 3 aromatic rings. The summed E-state index contributed by atoms with van der Waals surface area (Å²) >= 11 is 6.16. The highest BCUT2D eigenvalue weighted by molar-refractivity contribution is 6.32. The van der Waals surface area contributed by atoms with Gasteiger partial charge in [-0.25, -0.2) is 9.37 Å². The van der Waals surface area contributed by atoms with Gasteiger partial charge >= 0.3 is 0 Å². The number of anilines is 1. The molecule has 0 aliphatic rings. The maximum Gasteiger partial charge on any atom is 0.166 e. The van der Waals surface area contributed by atoms with Crippen molar-refractivity contribution in [2.45, 2.75) is 13.5 Å². The van der Waals surface area contributed by atoms with Gasteiger partial charge in [-0.2, -0.15) is 0 Å². The molecule has 122 valence electrons. The Hall–Kier alpha value is -2.59. The normalized spacial score (nSPS) is 10.6. The van der Waals surface area contributed by atoms with Crippen LogP contribution in [-0.4, -0.2) is 4.98 Å². The van der Waals surface area contributed by atoms with Gasteiger partial charge in [-0.1, -0.05) is 48.0 Å². The van der Waals surface area contributed by atoms with Gasteiger partial charge in [0.25, 0.3) is 0 Å². The molecule has 0 aliphatic heterocycles. The molecule has 2 N–H and O–H groups in total. The summed E-state index contributed by atoms with van der Waals surface area (Å²) in [5.41, 5.74) is 8.84. The summed E-state index contributed by atoms with van der Waals surface area (Å²) in [4.78, 5) is 4.16. The van der Waals surface area contributed by atoms with Crippen LogP contribution in [0.25, 0.3) is 11.1 Å². The highest BCUT2D eigenvalue weighted by Gasteiger charge is 2.12. The third kappa shape index (κ3) is 3.34. The number of nitrogen functional groups attached to an aromatic ring is 1. The second-order valence-electron chi connectivity index (χ2n) is 5.42. The van der Waals surface area contributed by atoms with Gasteiger partial charge in [-0.15, -0.1) is 0 Å². The van der Waals surface area contributed by atoms with E-state index in [1.807, 2.05) is 37.3 Å². The minimum absolute atomic E-state index is 0.0174. The number of benzene rings is 2. The van der Waals surface area contributed by atoms with Crippen molar-refractivity contribution < 1.29 is 9.13 Å². The number of ether oxygens (including phenoxy) is 1. The molecule has 0 aliphatic carbocycles. The molecule has 3 nitrogen and oxygen atoms in total. The van der Waals surface area contributed by atoms with Crippen LogP contribution >= 0.6 is 11.6 Å². The van der Waals surface area contributed by atoms with Crippen molar-refractivity contribution in [3.8, 4) is 16.9 Å². The fraction of sp³-hybridized carbons (Fsp3) is 0.105. The minimum atomic E-state index is -0.406. The molecule has 0 atom stereocenters. The lowest BCUT2D eigenvalue weighted by Gasteiger charge is -2.12. The van der Waals surface area contributed by atoms with Crippen LogP contribution in [-0.2, 0) is 6.61 Å². The lowest BCUT2D eigenvalue weighted by atomic mass is 10.1. The predicted octanol–water partition coefficient (Wildman–Crippen LogP) is 5.01. The van der Waals surface area contributed by atoms with Gasteiger partial charge in [0, 0.05) is 17.3 Å². The van der Waals surface area contributed by atoms with E-state index in [0.717, 1.165) is 16.7 Å². The van der Waals surface area contributed by atoms with E-state index in [4.69, 9.17) is 22.1 Å². The van der Waals surface area contributed by atoms with E-state index in [1.165, 1.54) is 6.07 Å². The maximum atomic E-state index is 14.0. The van der Waals surface area contributed by atoms with E-state index < -0.39 is 5.82 Å². The number of aryl methyl sites for hydroxylation is 1. The van der Waals surface area contributed by atoms with Crippen molar-refractivity contribution >= 4 is 17.4 Å². The summed E-state index contributed by atoms with van der Waals surface area (Å²) in [5.74, 6) is 0.239. The average molecular weight is 343 g/mol. The fourth-order valence-corrected chi connectivity index (χ4v) is 2.56. The number of nitrogens with two attached hydrogens (primary N) is 1. The molecular formula is C19H16ClFN2O. The van der Waals surface area contributed by atoms with Gasteiger partial charge in [0.05, 0.1) is 5.02 Å². The highest BCUT2D eigenvalue weighted by atomic mass is 35.5. The van der Waals surface area contributed by atoms with Gasteiger partial charge in [-0.3, -0.25) is 0 Å². The first-order valence-electron chi connectivity index (χ1n) is 7.43. The zero-order valence-corrected chi connectivity index (χ0v) is 13.8. The van der Waals surface area contributed by atoms with Gasteiger partial charge in [0.1, 0.15) is 12.4 Å². The Bertz CT molecular complexity index is 869. The molecule has 24 heavy (non-hydrogen) atoms. The Kier molecular flexibility index (Phi) is 4.67. The molecule has 0 spiro atoms. The molecule has 0 unspecified atom stereocenters. The zero-order chi connectivity index (χ0) is 17.1. The van der Waals surface area contributed by atoms with E-state index in [-0.39, 0.29) is 12.4 Å². The number of nitrogens with zero attached hydrogens (tertiary/aromatic N) is 1. The molecule has 0 saturated carbocycles. The number of pyridine rings is 1. The molecule has 2 aromatic carbocycles. The van der Waals surface area contributed by atoms with Crippen LogP contribution in [0.5, 0.6) is 5.75 Å². The minimum Gasteiger partial charge on any atom is -0.485 e. The second-order valence-corrected chi connectivity index (χ2v) is 5.80. The molecule has 0 fully saturated rings. The monoisotopic (exact) mass is 342 g/mol. The SMILES string of the molecule is Cc1ccc(F)c(COc2cc(-c3ccccc3)cnc2N)c1Cl. The number of hydrogen-bond donors (Lipinski definition) is 1. The molecule has 1 heterocycles. The Morgan fingerprint density at radius 2 is 1.88 bits per heavy atom. The quantitative estimate of drug-likeness (QED) is 0.725. The van der Waals surface area contributed by atoms with Crippen molar-refractivity contribution in [2.75, 3.05) is 5.73 Å². The Morgan fingerprint density at radius 3 is 2.62 bits per heavy atom. The first-order chi connectivity index (χ1) is 11.6. The average Bonchev–Trinajstić information content (AvgIpc) is 2.60. The van der Waals surface area contributed by atoms with Crippen LogP contribution in [0.3, 0.4) is 0 Å². The maximum absolute atomic E-state index is 14.0. The second kappa shape index (κ2) is 6.89. The fourth-order valence-electron chi connectivity index (χ4n) is 2.36. The summed E-state index contributed by atoms with van der Waals surface area (Å²) in [6.45, 7) is 1.80. The van der Waals surface area contributed by atoms with E-state index in [2.05, 4.69) is 4.98 Å². The summed E-state index contributed by atoms with van der Waals surface area (Å²) in [7, 11) is 0. The number of aromatic nitrogens is 1. The van der Waals surface area contributed by atoms with Crippen LogP contribution in [0.2, 0.25) is 5.02 Å². The lowest BCUT2D eigenvalue weighted by Crippen LogP contribution is -2.04. The van der Waals surface area contributed by atoms with Crippen LogP contribution in [0, 0.1) is 12.7 Å². The van der Waals surface area contributed by atoms with Crippen molar-refractivity contribution in [1.82, 2.24) is 4.98 Å². The molecule has 0 radical (unpaired) electrons. The number of hydrogen-bond acceptors (Lipinski definition) is 3. The van der Waals surface area contributed by atoms with Gasteiger partial charge in [0.15, 0.2) is 11.6 Å². The predicted molar refractivity (Wildman–Crippen MR) is 94.6 cm³/mol. The number of halogens is 2. The van der Waals surface area contributed by atoms with Crippen molar-refractivity contribution in [2.24, 2.45) is 0 Å². The van der Waals surface area contributed by atoms with Gasteiger partial charge < -0.3 is 10.5 Å². The molecule has 0 bridgehead atoms. The van der Waals surface area contributed by atoms with E-state index in [1.54, 1.807) is 18.3 Å². The topological polar surface area (TPSA) is 48.1 Å². The Morgan fingerprint density at radius 1 is 1.12 bits per heavy atom. The summed E-state index contributed by atoms with van der Waals surface area (Å²) in [6.07, 6.45) is 1.68. The zero-order valence-electron chi connectivity index (χ0n) is 13.1. The molecule has 5 heteroatoms. The molecule has 0 saturated heterocycles. The first kappa shape index (κ1) is 16.3. The summed E-state index contributed by atoms with van der Waals surface area (Å²) in [5, 5.41) is 0.362. The van der Waals surface area contributed by atoms with Crippen LogP contribution in [0.15, 0.2) is 54.7 Å². The molecular weight excluding hydrogens is 327 g/mol.